The summed E-state index contributed by atoms with van der Waals surface area (Å²) in [6, 6.07) is 9.27. The van der Waals surface area contributed by atoms with Gasteiger partial charge < -0.3 is 10.1 Å². The van der Waals surface area contributed by atoms with Gasteiger partial charge in [0.2, 0.25) is 0 Å². The number of nitrogens with one attached hydrogen (secondary N) is 2. The number of aromatic nitrogens is 4. The summed E-state index contributed by atoms with van der Waals surface area (Å²) in [6.07, 6.45) is 3.55. The predicted octanol–water partition coefficient (Wildman–Crippen LogP) is 4.66. The third-order valence-corrected chi connectivity index (χ3v) is 6.56. The van der Waals surface area contributed by atoms with Gasteiger partial charge in [-0.2, -0.15) is 10.2 Å². The molecule has 34 heavy (non-hydrogen) atoms. The summed E-state index contributed by atoms with van der Waals surface area (Å²) < 4.78 is 7.89. The third-order valence-electron chi connectivity index (χ3n) is 6.56. The Labute approximate surface area is 201 Å². The molecule has 0 atom stereocenters. The summed E-state index contributed by atoms with van der Waals surface area (Å²) >= 11 is 0. The van der Waals surface area contributed by atoms with E-state index in [2.05, 4.69) is 39.4 Å². The smallest absolute Gasteiger partial charge is 0.273 e. The maximum Gasteiger partial charge on any atom is 0.273 e. The standard InChI is InChI=1S/C26H36N6O2/c1-5-12-32-20(4)25(19(3)30-32)23-17-24(29-28-23)26(33)27-21-6-8-22(9-7-21)34-16-15-31-13-10-18(2)11-14-31/h6-9,17-18H,5,10-16H2,1-4H3,(H,27,33)(H,28,29). The van der Waals surface area contributed by atoms with Crippen LogP contribution in [0.25, 0.3) is 11.3 Å². The van der Waals surface area contributed by atoms with Crippen molar-refractivity contribution in [1.82, 2.24) is 24.9 Å². The SMILES string of the molecule is CCCn1nc(C)c(-c2cc(C(=O)Nc3ccc(OCCN4CCC(C)CC4)cc3)[nH]n2)c1C. The number of anilines is 1. The number of benzene rings is 1. The van der Waals surface area contributed by atoms with Gasteiger partial charge in [-0.1, -0.05) is 13.8 Å². The summed E-state index contributed by atoms with van der Waals surface area (Å²) in [5.74, 6) is 1.41. The fourth-order valence-electron chi connectivity index (χ4n) is 4.47. The molecular formula is C26H36N6O2. The summed E-state index contributed by atoms with van der Waals surface area (Å²) in [5, 5.41) is 14.8. The number of ether oxygens (including phenoxy) is 1. The fourth-order valence-corrected chi connectivity index (χ4v) is 4.47. The maximum absolute atomic E-state index is 12.8. The van der Waals surface area contributed by atoms with Crippen molar-refractivity contribution in [2.75, 3.05) is 31.6 Å². The molecule has 0 aliphatic carbocycles. The molecule has 1 fully saturated rings. The van der Waals surface area contributed by atoms with Gasteiger partial charge in [-0.15, -0.1) is 0 Å². The van der Waals surface area contributed by atoms with Crippen molar-refractivity contribution in [3.05, 3.63) is 47.4 Å². The number of aryl methyl sites for hydroxylation is 2. The number of H-pyrrole nitrogens is 1. The summed E-state index contributed by atoms with van der Waals surface area (Å²) in [6.45, 7) is 13.3. The van der Waals surface area contributed by atoms with Gasteiger partial charge in [-0.3, -0.25) is 19.5 Å². The highest BCUT2D eigenvalue weighted by Crippen LogP contribution is 2.26. The highest BCUT2D eigenvalue weighted by atomic mass is 16.5. The molecule has 0 saturated carbocycles. The molecule has 1 aromatic carbocycles. The monoisotopic (exact) mass is 464 g/mol. The molecule has 4 rings (SSSR count). The van der Waals surface area contributed by atoms with Crippen molar-refractivity contribution >= 4 is 11.6 Å². The van der Waals surface area contributed by atoms with Crippen LogP contribution in [-0.4, -0.2) is 57.0 Å². The molecule has 0 radical (unpaired) electrons. The fraction of sp³-hybridized carbons (Fsp3) is 0.500. The number of likely N-dealkylation sites (tertiary alicyclic amines) is 1. The minimum atomic E-state index is -0.233. The number of carbonyl (C=O) groups is 1. The molecule has 1 amide bonds. The normalized spacial score (nSPS) is 14.9. The Morgan fingerprint density at radius 2 is 1.91 bits per heavy atom. The molecule has 2 N–H and O–H groups in total. The van der Waals surface area contributed by atoms with E-state index in [0.29, 0.717) is 18.0 Å². The summed E-state index contributed by atoms with van der Waals surface area (Å²) in [5.41, 5.74) is 4.80. The van der Waals surface area contributed by atoms with Crippen LogP contribution < -0.4 is 10.1 Å². The first-order valence-corrected chi connectivity index (χ1v) is 12.3. The number of amides is 1. The Morgan fingerprint density at radius 1 is 1.18 bits per heavy atom. The van der Waals surface area contributed by atoms with Crippen molar-refractivity contribution in [2.24, 2.45) is 5.92 Å². The Bertz CT molecular complexity index is 1090. The lowest BCUT2D eigenvalue weighted by Crippen LogP contribution is -2.35. The number of nitrogens with zero attached hydrogens (tertiary/aromatic N) is 4. The average molecular weight is 465 g/mol. The van der Waals surface area contributed by atoms with Crippen LogP contribution in [0.2, 0.25) is 0 Å². The third kappa shape index (κ3) is 5.67. The van der Waals surface area contributed by atoms with Gasteiger partial charge in [-0.25, -0.2) is 0 Å². The van der Waals surface area contributed by atoms with Gasteiger partial charge in [0, 0.05) is 30.0 Å². The van der Waals surface area contributed by atoms with Crippen LogP contribution >= 0.6 is 0 Å². The van der Waals surface area contributed by atoms with Crippen LogP contribution in [0.1, 0.15) is 55.0 Å². The van der Waals surface area contributed by atoms with Gasteiger partial charge in [0.1, 0.15) is 18.1 Å². The molecule has 3 aromatic rings. The van der Waals surface area contributed by atoms with Crippen molar-refractivity contribution in [3.8, 4) is 17.0 Å². The van der Waals surface area contributed by atoms with E-state index < -0.39 is 0 Å². The zero-order valence-corrected chi connectivity index (χ0v) is 20.7. The van der Waals surface area contributed by atoms with E-state index in [4.69, 9.17) is 4.74 Å². The lowest BCUT2D eigenvalue weighted by atomic mass is 9.99. The molecule has 3 heterocycles. The minimum Gasteiger partial charge on any atom is -0.492 e. The van der Waals surface area contributed by atoms with Crippen molar-refractivity contribution in [3.63, 3.8) is 0 Å². The van der Waals surface area contributed by atoms with Crippen LogP contribution in [0.3, 0.4) is 0 Å². The number of aromatic amines is 1. The zero-order valence-electron chi connectivity index (χ0n) is 20.7. The molecule has 1 aliphatic rings. The lowest BCUT2D eigenvalue weighted by molar-refractivity contribution is 0.102. The largest absolute Gasteiger partial charge is 0.492 e. The number of carbonyl (C=O) groups excluding carboxylic acids is 1. The van der Waals surface area contributed by atoms with E-state index in [-0.39, 0.29) is 5.91 Å². The summed E-state index contributed by atoms with van der Waals surface area (Å²) in [7, 11) is 0. The number of hydrogen-bond donors (Lipinski definition) is 2. The van der Waals surface area contributed by atoms with E-state index in [1.807, 2.05) is 42.8 Å². The second kappa shape index (κ2) is 10.9. The Kier molecular flexibility index (Phi) is 7.67. The first-order valence-electron chi connectivity index (χ1n) is 12.3. The molecule has 0 unspecified atom stereocenters. The Balaban J connectivity index is 1.31. The minimum absolute atomic E-state index is 0.233. The molecular weight excluding hydrogens is 428 g/mol. The number of hydrogen-bond acceptors (Lipinski definition) is 5. The van der Waals surface area contributed by atoms with E-state index in [9.17, 15) is 4.79 Å². The maximum atomic E-state index is 12.8. The summed E-state index contributed by atoms with van der Waals surface area (Å²) in [4.78, 5) is 15.2. The van der Waals surface area contributed by atoms with E-state index in [0.717, 1.165) is 66.9 Å². The number of rotatable bonds is 9. The van der Waals surface area contributed by atoms with Crippen LogP contribution in [0.5, 0.6) is 5.75 Å². The molecule has 8 nitrogen and oxygen atoms in total. The van der Waals surface area contributed by atoms with Crippen molar-refractivity contribution in [2.45, 2.75) is 53.5 Å². The van der Waals surface area contributed by atoms with Crippen LogP contribution in [-0.2, 0) is 6.54 Å². The molecule has 8 heteroatoms. The predicted molar refractivity (Wildman–Crippen MR) is 134 cm³/mol. The number of piperidine rings is 1. The van der Waals surface area contributed by atoms with E-state index >= 15 is 0 Å². The molecule has 2 aromatic heterocycles. The highest BCUT2D eigenvalue weighted by molar-refractivity contribution is 6.03. The Hall–Kier alpha value is -3.13. The quantitative estimate of drug-likeness (QED) is 0.481. The zero-order chi connectivity index (χ0) is 24.1. The highest BCUT2D eigenvalue weighted by Gasteiger charge is 2.18. The first kappa shape index (κ1) is 24.0. The van der Waals surface area contributed by atoms with Crippen LogP contribution in [0.15, 0.2) is 30.3 Å². The van der Waals surface area contributed by atoms with Gasteiger partial charge in [0.15, 0.2) is 0 Å². The van der Waals surface area contributed by atoms with Gasteiger partial charge in [-0.05, 0) is 82.4 Å². The van der Waals surface area contributed by atoms with Crippen molar-refractivity contribution in [1.29, 1.82) is 0 Å². The molecule has 0 spiro atoms. The van der Waals surface area contributed by atoms with Gasteiger partial charge >= 0.3 is 0 Å². The topological polar surface area (TPSA) is 88.1 Å². The van der Waals surface area contributed by atoms with Crippen LogP contribution in [0.4, 0.5) is 5.69 Å². The van der Waals surface area contributed by atoms with Crippen LogP contribution in [0, 0.1) is 19.8 Å². The lowest BCUT2D eigenvalue weighted by Gasteiger charge is -2.29. The van der Waals surface area contributed by atoms with E-state index in [1.54, 1.807) is 6.07 Å². The molecule has 1 saturated heterocycles. The Morgan fingerprint density at radius 3 is 2.62 bits per heavy atom. The van der Waals surface area contributed by atoms with Crippen molar-refractivity contribution < 1.29 is 9.53 Å². The molecule has 1 aliphatic heterocycles. The van der Waals surface area contributed by atoms with Gasteiger partial charge in [0.25, 0.3) is 5.91 Å². The molecule has 0 bridgehead atoms. The first-order chi connectivity index (χ1) is 16.4. The second-order valence-corrected chi connectivity index (χ2v) is 9.29. The average Bonchev–Trinajstić information content (AvgIpc) is 3.41. The van der Waals surface area contributed by atoms with E-state index in [1.165, 1.54) is 12.8 Å². The molecule has 182 valence electrons. The van der Waals surface area contributed by atoms with Gasteiger partial charge in [0.05, 0.1) is 11.4 Å². The second-order valence-electron chi connectivity index (χ2n) is 9.29.